The second kappa shape index (κ2) is 3.71. The fourth-order valence-electron chi connectivity index (χ4n) is 1.91. The summed E-state index contributed by atoms with van der Waals surface area (Å²) >= 11 is 0. The molecule has 2 N–H and O–H groups in total. The summed E-state index contributed by atoms with van der Waals surface area (Å²) in [7, 11) is -1.65. The molecule has 88 valence electrons. The Labute approximate surface area is 93.8 Å². The van der Waals surface area contributed by atoms with Crippen LogP contribution in [0.3, 0.4) is 0 Å². The zero-order valence-corrected chi connectivity index (χ0v) is 9.67. The minimum atomic E-state index is -3.42. The Morgan fingerprint density at radius 1 is 1.56 bits per heavy atom. The van der Waals surface area contributed by atoms with E-state index in [-0.39, 0.29) is 23.2 Å². The number of nitrogens with zero attached hydrogens (tertiary/aromatic N) is 1. The molecule has 0 aliphatic carbocycles. The monoisotopic (exact) mass is 244 g/mol. The second-order valence-electron chi connectivity index (χ2n) is 3.89. The number of hydrogen-bond donors (Lipinski definition) is 1. The molecule has 0 aromatic heterocycles. The molecule has 16 heavy (non-hydrogen) atoms. The average molecular weight is 244 g/mol. The first-order chi connectivity index (χ1) is 7.45. The average Bonchev–Trinajstić information content (AvgIpc) is 2.23. The van der Waals surface area contributed by atoms with Crippen LogP contribution in [0.4, 0.5) is 10.1 Å². The van der Waals surface area contributed by atoms with E-state index in [4.69, 9.17) is 5.73 Å². The smallest absolute Gasteiger partial charge is 0.182 e. The van der Waals surface area contributed by atoms with Crippen molar-refractivity contribution >= 4 is 15.5 Å². The second-order valence-corrected chi connectivity index (χ2v) is 5.90. The van der Waals surface area contributed by atoms with Gasteiger partial charge in [0.05, 0.1) is 22.4 Å². The number of likely N-dealkylation sites (N-methyl/N-ethyl adjacent to an activating group) is 1. The van der Waals surface area contributed by atoms with Crippen molar-refractivity contribution in [2.45, 2.75) is 10.9 Å². The molecule has 4 nitrogen and oxygen atoms in total. The summed E-state index contributed by atoms with van der Waals surface area (Å²) < 4.78 is 36.8. The molecule has 1 aliphatic heterocycles. The van der Waals surface area contributed by atoms with Gasteiger partial charge in [0.2, 0.25) is 0 Å². The number of hydrogen-bond acceptors (Lipinski definition) is 4. The fourth-order valence-corrected chi connectivity index (χ4v) is 3.77. The van der Waals surface area contributed by atoms with E-state index in [1.165, 1.54) is 12.1 Å². The third kappa shape index (κ3) is 1.68. The Morgan fingerprint density at radius 3 is 2.88 bits per heavy atom. The molecule has 1 aromatic carbocycles. The molecular weight excluding hydrogens is 231 g/mol. The van der Waals surface area contributed by atoms with E-state index in [0.717, 1.165) is 6.07 Å². The van der Waals surface area contributed by atoms with Gasteiger partial charge in [0.1, 0.15) is 5.82 Å². The predicted molar refractivity (Wildman–Crippen MR) is 59.7 cm³/mol. The molecule has 1 aliphatic rings. The van der Waals surface area contributed by atoms with Gasteiger partial charge < -0.3 is 10.6 Å². The van der Waals surface area contributed by atoms with Crippen molar-refractivity contribution < 1.29 is 12.8 Å². The lowest BCUT2D eigenvalue weighted by Crippen LogP contribution is -2.46. The first-order valence-electron chi connectivity index (χ1n) is 4.91. The van der Waals surface area contributed by atoms with E-state index in [1.807, 2.05) is 0 Å². The lowest BCUT2D eigenvalue weighted by atomic mass is 10.2. The third-order valence-electron chi connectivity index (χ3n) is 2.87. The molecule has 0 spiro atoms. The zero-order valence-electron chi connectivity index (χ0n) is 8.85. The van der Waals surface area contributed by atoms with Gasteiger partial charge >= 0.3 is 0 Å². The van der Waals surface area contributed by atoms with Crippen molar-refractivity contribution in [3.63, 3.8) is 0 Å². The summed E-state index contributed by atoms with van der Waals surface area (Å²) in [4.78, 5) is 1.84. The van der Waals surface area contributed by atoms with Crippen molar-refractivity contribution in [2.75, 3.05) is 24.2 Å². The zero-order chi connectivity index (χ0) is 11.9. The van der Waals surface area contributed by atoms with Crippen LogP contribution in [0.5, 0.6) is 0 Å². The fraction of sp³-hybridized carbons (Fsp3) is 0.400. The van der Waals surface area contributed by atoms with E-state index in [1.54, 1.807) is 11.9 Å². The summed E-state index contributed by atoms with van der Waals surface area (Å²) in [5.74, 6) is -0.599. The third-order valence-corrected chi connectivity index (χ3v) is 4.69. The minimum Gasteiger partial charge on any atom is -0.368 e. The van der Waals surface area contributed by atoms with Crippen LogP contribution < -0.4 is 10.6 Å². The maximum absolute atomic E-state index is 13.0. The molecule has 0 bridgehead atoms. The number of sulfone groups is 1. The highest BCUT2D eigenvalue weighted by Crippen LogP contribution is 2.32. The van der Waals surface area contributed by atoms with Crippen molar-refractivity contribution in [3.05, 3.63) is 24.0 Å². The van der Waals surface area contributed by atoms with E-state index in [0.29, 0.717) is 5.69 Å². The van der Waals surface area contributed by atoms with Crippen LogP contribution in [0.15, 0.2) is 23.1 Å². The molecular formula is C10H13FN2O2S. The van der Waals surface area contributed by atoms with Gasteiger partial charge in [0.25, 0.3) is 0 Å². The van der Waals surface area contributed by atoms with Crippen LogP contribution in [0.25, 0.3) is 0 Å². The van der Waals surface area contributed by atoms with Crippen molar-refractivity contribution in [1.29, 1.82) is 0 Å². The van der Waals surface area contributed by atoms with E-state index < -0.39 is 15.7 Å². The highest BCUT2D eigenvalue weighted by molar-refractivity contribution is 7.91. The van der Waals surface area contributed by atoms with Crippen LogP contribution in [0.1, 0.15) is 0 Å². The molecule has 1 atom stereocenters. The molecule has 0 amide bonds. The van der Waals surface area contributed by atoms with E-state index in [2.05, 4.69) is 0 Å². The molecule has 0 saturated carbocycles. The number of anilines is 1. The van der Waals surface area contributed by atoms with Gasteiger partial charge in [-0.05, 0) is 18.2 Å². The van der Waals surface area contributed by atoms with Gasteiger partial charge in [0.15, 0.2) is 9.84 Å². The van der Waals surface area contributed by atoms with E-state index >= 15 is 0 Å². The van der Waals surface area contributed by atoms with Gasteiger partial charge in [-0.2, -0.15) is 0 Å². The molecule has 0 saturated heterocycles. The van der Waals surface area contributed by atoms with Crippen LogP contribution in [-0.4, -0.2) is 33.8 Å². The topological polar surface area (TPSA) is 63.4 Å². The first-order valence-corrected chi connectivity index (χ1v) is 6.56. The van der Waals surface area contributed by atoms with Crippen molar-refractivity contribution in [2.24, 2.45) is 5.73 Å². The number of nitrogens with two attached hydrogens (primary N) is 1. The van der Waals surface area contributed by atoms with Crippen LogP contribution in [0.2, 0.25) is 0 Å². The van der Waals surface area contributed by atoms with Gasteiger partial charge in [0, 0.05) is 13.6 Å². The Hall–Kier alpha value is -1.14. The van der Waals surface area contributed by atoms with E-state index in [9.17, 15) is 12.8 Å². The minimum absolute atomic E-state index is 0.0553. The summed E-state index contributed by atoms with van der Waals surface area (Å²) in [5.41, 5.74) is 6.04. The highest BCUT2D eigenvalue weighted by atomic mass is 32.2. The van der Waals surface area contributed by atoms with Crippen LogP contribution in [0, 0.1) is 5.82 Å². The summed E-state index contributed by atoms with van der Waals surface area (Å²) in [6, 6.07) is 3.55. The maximum Gasteiger partial charge on any atom is 0.182 e. The molecule has 1 heterocycles. The number of halogens is 1. The first kappa shape index (κ1) is 11.3. The van der Waals surface area contributed by atoms with Crippen LogP contribution >= 0.6 is 0 Å². The highest BCUT2D eigenvalue weighted by Gasteiger charge is 2.33. The lowest BCUT2D eigenvalue weighted by molar-refractivity contribution is 0.567. The maximum atomic E-state index is 13.0. The Kier molecular flexibility index (Phi) is 2.63. The Morgan fingerprint density at radius 2 is 2.25 bits per heavy atom. The molecule has 0 radical (unpaired) electrons. The lowest BCUT2D eigenvalue weighted by Gasteiger charge is -2.34. The predicted octanol–water partition coefficient (Wildman–Crippen LogP) is 0.377. The molecule has 0 fully saturated rings. The quantitative estimate of drug-likeness (QED) is 0.775. The van der Waals surface area contributed by atoms with Gasteiger partial charge in [-0.1, -0.05) is 0 Å². The molecule has 1 aromatic rings. The molecule has 1 unspecified atom stereocenters. The molecule has 2 rings (SSSR count). The molecule has 6 heteroatoms. The summed E-state index contributed by atoms with van der Waals surface area (Å²) in [6.07, 6.45) is 0. The van der Waals surface area contributed by atoms with Crippen LogP contribution in [-0.2, 0) is 9.84 Å². The van der Waals surface area contributed by atoms with Gasteiger partial charge in [-0.15, -0.1) is 0 Å². The number of fused-ring (bicyclic) bond motifs is 1. The SMILES string of the molecule is CN1c2ccc(F)cc2S(=O)(=O)CC1CN. The van der Waals surface area contributed by atoms with Gasteiger partial charge in [-0.3, -0.25) is 0 Å². The Balaban J connectivity index is 2.63. The Bertz CT molecular complexity index is 516. The standard InChI is InChI=1S/C10H13FN2O2S/c1-13-8(5-12)6-16(14,15)10-4-7(11)2-3-9(10)13/h2-4,8H,5-6,12H2,1H3. The summed E-state index contributed by atoms with van der Waals surface area (Å²) in [6.45, 7) is 0.256. The largest absolute Gasteiger partial charge is 0.368 e. The summed E-state index contributed by atoms with van der Waals surface area (Å²) in [5, 5.41) is 0. The number of benzene rings is 1. The van der Waals surface area contributed by atoms with Gasteiger partial charge in [-0.25, -0.2) is 12.8 Å². The number of rotatable bonds is 1. The normalized spacial score (nSPS) is 22.9. The van der Waals surface area contributed by atoms with Crippen molar-refractivity contribution in [1.82, 2.24) is 0 Å². The van der Waals surface area contributed by atoms with Crippen molar-refractivity contribution in [3.8, 4) is 0 Å².